The highest BCUT2D eigenvalue weighted by atomic mass is 35.5. The summed E-state index contributed by atoms with van der Waals surface area (Å²) in [4.78, 5) is 40.4. The standard InChI is InChI=1S/C23H24Cl2N2O4/c1-3-10-26-20(28)11-16-13-23(22(30)31-4-2)9-5-6-19(23)27(21(16)29)14-15-7-8-17(24)12-18(15)25/h1,6-8,12,16H,4-5,9-11,13-14H2,2H3,(H,26,28)/t16-,23+/m1/s1. The molecule has 1 aliphatic heterocycles. The number of carbonyl (C=O) groups excluding carboxylic acids is 3. The van der Waals surface area contributed by atoms with Crippen molar-refractivity contribution < 1.29 is 19.1 Å². The van der Waals surface area contributed by atoms with Crippen LogP contribution in [0.3, 0.4) is 0 Å². The third-order valence-corrected chi connectivity index (χ3v) is 6.32. The van der Waals surface area contributed by atoms with E-state index in [1.807, 2.05) is 6.08 Å². The molecule has 0 unspecified atom stereocenters. The Labute approximate surface area is 191 Å². The number of nitrogens with one attached hydrogen (secondary N) is 1. The van der Waals surface area contributed by atoms with Gasteiger partial charge in [-0.3, -0.25) is 14.4 Å². The number of rotatable bonds is 7. The van der Waals surface area contributed by atoms with Gasteiger partial charge in [0.2, 0.25) is 11.8 Å². The van der Waals surface area contributed by atoms with Crippen molar-refractivity contribution in [1.82, 2.24) is 10.2 Å². The van der Waals surface area contributed by atoms with Gasteiger partial charge in [0.15, 0.2) is 0 Å². The smallest absolute Gasteiger partial charge is 0.318 e. The van der Waals surface area contributed by atoms with E-state index < -0.39 is 11.3 Å². The lowest BCUT2D eigenvalue weighted by Gasteiger charge is -2.44. The van der Waals surface area contributed by atoms with Crippen LogP contribution < -0.4 is 5.32 Å². The maximum Gasteiger partial charge on any atom is 0.318 e. The van der Waals surface area contributed by atoms with E-state index in [1.54, 1.807) is 30.0 Å². The van der Waals surface area contributed by atoms with Gasteiger partial charge in [-0.05, 0) is 43.9 Å². The summed E-state index contributed by atoms with van der Waals surface area (Å²) in [6, 6.07) is 5.06. The number of hydrogen-bond donors (Lipinski definition) is 1. The molecule has 0 radical (unpaired) electrons. The summed E-state index contributed by atoms with van der Waals surface area (Å²) in [7, 11) is 0. The van der Waals surface area contributed by atoms with Gasteiger partial charge in [0, 0.05) is 28.1 Å². The molecule has 164 valence electrons. The van der Waals surface area contributed by atoms with Crippen LogP contribution >= 0.6 is 23.2 Å². The Morgan fingerprint density at radius 1 is 1.39 bits per heavy atom. The highest BCUT2D eigenvalue weighted by Gasteiger charge is 2.55. The fraction of sp³-hybridized carbons (Fsp3) is 0.435. The fourth-order valence-electron chi connectivity index (χ4n) is 4.35. The minimum atomic E-state index is -0.958. The molecule has 2 amide bonds. The first kappa shape index (κ1) is 23.2. The van der Waals surface area contributed by atoms with Gasteiger partial charge < -0.3 is 15.0 Å². The van der Waals surface area contributed by atoms with E-state index in [1.165, 1.54) is 0 Å². The summed E-state index contributed by atoms with van der Waals surface area (Å²) in [6.45, 7) is 2.23. The second kappa shape index (κ2) is 9.76. The molecule has 2 atom stereocenters. The second-order valence-corrected chi connectivity index (χ2v) is 8.52. The average Bonchev–Trinajstić information content (AvgIpc) is 3.16. The molecular formula is C23H24Cl2N2O4. The zero-order valence-corrected chi connectivity index (χ0v) is 18.8. The Morgan fingerprint density at radius 2 is 2.16 bits per heavy atom. The van der Waals surface area contributed by atoms with Crippen LogP contribution in [0, 0.1) is 23.7 Å². The van der Waals surface area contributed by atoms with E-state index in [9.17, 15) is 14.4 Å². The Balaban J connectivity index is 1.96. The van der Waals surface area contributed by atoms with Gasteiger partial charge in [0.1, 0.15) is 5.41 Å². The molecule has 0 aromatic heterocycles. The molecule has 1 aliphatic carbocycles. The van der Waals surface area contributed by atoms with Crippen molar-refractivity contribution in [3.8, 4) is 12.3 Å². The Kier molecular flexibility index (Phi) is 7.30. The lowest BCUT2D eigenvalue weighted by molar-refractivity contribution is -0.161. The molecule has 1 fully saturated rings. The number of halogens is 2. The number of fused-ring (bicyclic) bond motifs is 1. The second-order valence-electron chi connectivity index (χ2n) is 7.68. The minimum absolute atomic E-state index is 0.0558. The summed E-state index contributed by atoms with van der Waals surface area (Å²) in [5.74, 6) is 0.742. The molecule has 0 spiro atoms. The number of amides is 2. The molecule has 0 bridgehead atoms. The number of terminal acetylenes is 1. The molecule has 1 aromatic rings. The third kappa shape index (κ3) is 4.73. The highest BCUT2D eigenvalue weighted by Crippen LogP contribution is 2.51. The Bertz CT molecular complexity index is 969. The van der Waals surface area contributed by atoms with Crippen LogP contribution in [0.25, 0.3) is 0 Å². The number of likely N-dealkylation sites (tertiary alicyclic amines) is 1. The molecular weight excluding hydrogens is 439 g/mol. The molecule has 31 heavy (non-hydrogen) atoms. The van der Waals surface area contributed by atoms with Crippen LogP contribution in [0.4, 0.5) is 0 Å². The van der Waals surface area contributed by atoms with E-state index in [4.69, 9.17) is 34.4 Å². The number of carbonyl (C=O) groups is 3. The number of benzene rings is 1. The lowest BCUT2D eigenvalue weighted by Crippen LogP contribution is -2.52. The zero-order chi connectivity index (χ0) is 22.6. The van der Waals surface area contributed by atoms with Crippen molar-refractivity contribution in [1.29, 1.82) is 0 Å². The van der Waals surface area contributed by atoms with Crippen LogP contribution in [-0.4, -0.2) is 35.8 Å². The first-order valence-electron chi connectivity index (χ1n) is 10.2. The lowest BCUT2D eigenvalue weighted by atomic mass is 9.71. The summed E-state index contributed by atoms with van der Waals surface area (Å²) in [5, 5.41) is 3.51. The van der Waals surface area contributed by atoms with Gasteiger partial charge in [0.25, 0.3) is 0 Å². The van der Waals surface area contributed by atoms with E-state index in [0.29, 0.717) is 34.1 Å². The molecule has 6 nitrogen and oxygen atoms in total. The zero-order valence-electron chi connectivity index (χ0n) is 17.2. The summed E-state index contributed by atoms with van der Waals surface area (Å²) < 4.78 is 5.39. The van der Waals surface area contributed by atoms with Gasteiger partial charge >= 0.3 is 5.97 Å². The maximum atomic E-state index is 13.4. The minimum Gasteiger partial charge on any atom is -0.465 e. The predicted octanol–water partition coefficient (Wildman–Crippen LogP) is 3.71. The number of esters is 1. The van der Waals surface area contributed by atoms with Crippen LogP contribution in [0.5, 0.6) is 0 Å². The van der Waals surface area contributed by atoms with Gasteiger partial charge in [-0.25, -0.2) is 0 Å². The normalized spacial score (nSPS) is 22.4. The van der Waals surface area contributed by atoms with Crippen LogP contribution in [0.15, 0.2) is 30.0 Å². The van der Waals surface area contributed by atoms with Crippen molar-refractivity contribution >= 4 is 41.0 Å². The van der Waals surface area contributed by atoms with E-state index >= 15 is 0 Å². The van der Waals surface area contributed by atoms with Gasteiger partial charge in [-0.2, -0.15) is 0 Å². The van der Waals surface area contributed by atoms with E-state index in [-0.39, 0.29) is 50.3 Å². The number of nitrogens with zero attached hydrogens (tertiary/aromatic N) is 1. The van der Waals surface area contributed by atoms with E-state index in [0.717, 1.165) is 0 Å². The number of hydrogen-bond acceptors (Lipinski definition) is 4. The number of allylic oxidation sites excluding steroid dienone is 1. The van der Waals surface area contributed by atoms with Gasteiger partial charge in [-0.15, -0.1) is 6.42 Å². The van der Waals surface area contributed by atoms with E-state index in [2.05, 4.69) is 11.2 Å². The number of piperidine rings is 1. The third-order valence-electron chi connectivity index (χ3n) is 5.73. The average molecular weight is 463 g/mol. The van der Waals surface area contributed by atoms with Crippen LogP contribution in [0.1, 0.15) is 38.2 Å². The molecule has 1 aromatic carbocycles. The summed E-state index contributed by atoms with van der Waals surface area (Å²) in [5.41, 5.74) is 0.365. The summed E-state index contributed by atoms with van der Waals surface area (Å²) >= 11 is 12.3. The predicted molar refractivity (Wildman–Crippen MR) is 118 cm³/mol. The summed E-state index contributed by atoms with van der Waals surface area (Å²) in [6.07, 6.45) is 8.46. The molecule has 0 saturated carbocycles. The maximum absolute atomic E-state index is 13.4. The quantitative estimate of drug-likeness (QED) is 0.494. The van der Waals surface area contributed by atoms with Crippen LogP contribution in [0.2, 0.25) is 10.0 Å². The van der Waals surface area contributed by atoms with Crippen LogP contribution in [-0.2, 0) is 25.7 Å². The molecule has 3 rings (SSSR count). The largest absolute Gasteiger partial charge is 0.465 e. The van der Waals surface area contributed by atoms with Crippen molar-refractivity contribution in [2.75, 3.05) is 13.2 Å². The van der Waals surface area contributed by atoms with Crippen molar-refractivity contribution in [3.05, 3.63) is 45.6 Å². The topological polar surface area (TPSA) is 75.7 Å². The fourth-order valence-corrected chi connectivity index (χ4v) is 4.82. The van der Waals surface area contributed by atoms with Crippen molar-refractivity contribution in [2.45, 2.75) is 39.2 Å². The van der Waals surface area contributed by atoms with Crippen molar-refractivity contribution in [2.24, 2.45) is 11.3 Å². The SMILES string of the molecule is C#CCNC(=O)C[C@@H]1C[C@@]2(C(=O)OCC)CCC=C2N(Cc2ccc(Cl)cc2Cl)C1=O. The highest BCUT2D eigenvalue weighted by molar-refractivity contribution is 6.35. The van der Waals surface area contributed by atoms with Gasteiger partial charge in [0.05, 0.1) is 19.7 Å². The first-order chi connectivity index (χ1) is 14.8. The number of ether oxygens (including phenoxy) is 1. The Hall–Kier alpha value is -2.49. The molecule has 1 saturated heterocycles. The van der Waals surface area contributed by atoms with Crippen molar-refractivity contribution in [3.63, 3.8) is 0 Å². The first-order valence-corrected chi connectivity index (χ1v) is 10.9. The molecule has 8 heteroatoms. The monoisotopic (exact) mass is 462 g/mol. The Morgan fingerprint density at radius 3 is 2.84 bits per heavy atom. The molecule has 2 aliphatic rings. The molecule has 1 heterocycles. The molecule has 1 N–H and O–H groups in total. The van der Waals surface area contributed by atoms with Gasteiger partial charge in [-0.1, -0.05) is 41.3 Å².